The van der Waals surface area contributed by atoms with E-state index >= 15 is 0 Å². The van der Waals surface area contributed by atoms with Gasteiger partial charge in [-0.05, 0) is 24.0 Å². The van der Waals surface area contributed by atoms with Gasteiger partial charge in [0.2, 0.25) is 0 Å². The van der Waals surface area contributed by atoms with Crippen molar-refractivity contribution < 1.29 is 14.3 Å². The number of carboxylic acid groups (broad SMARTS) is 1. The zero-order valence-corrected chi connectivity index (χ0v) is 8.62. The number of carbonyl (C=O) groups is 1. The Hall–Kier alpha value is -1.45. The summed E-state index contributed by atoms with van der Waals surface area (Å²) in [5.41, 5.74) is -0.786. The highest BCUT2D eigenvalue weighted by atomic mass is 19.1. The highest BCUT2D eigenvalue weighted by molar-refractivity contribution is 5.86. The summed E-state index contributed by atoms with van der Waals surface area (Å²) in [5.74, 6) is -1.33. The van der Waals surface area contributed by atoms with Crippen molar-refractivity contribution in [2.45, 2.75) is 25.7 Å². The Kier molecular flexibility index (Phi) is 1.87. The molecule has 4 heteroatoms. The van der Waals surface area contributed by atoms with E-state index in [1.165, 1.54) is 12.1 Å². The quantitative estimate of drug-likeness (QED) is 0.810. The first-order valence-corrected chi connectivity index (χ1v) is 4.75. The smallest absolute Gasteiger partial charge is 0.316 e. The minimum Gasteiger partial charge on any atom is -0.481 e. The Bertz CT molecular complexity index is 413. The first-order valence-electron chi connectivity index (χ1n) is 4.75. The second-order valence-electron chi connectivity index (χ2n) is 4.63. The number of halogens is 1. The van der Waals surface area contributed by atoms with Crippen LogP contribution in [0.3, 0.4) is 0 Å². The number of pyridine rings is 1. The Morgan fingerprint density at radius 2 is 2.13 bits per heavy atom. The predicted octanol–water partition coefficient (Wildman–Crippen LogP) is 1.97. The van der Waals surface area contributed by atoms with E-state index in [2.05, 4.69) is 4.98 Å². The summed E-state index contributed by atoms with van der Waals surface area (Å²) in [6, 6.07) is 2.71. The second-order valence-corrected chi connectivity index (χ2v) is 4.63. The van der Waals surface area contributed by atoms with Crippen LogP contribution in [0.4, 0.5) is 4.39 Å². The maximum absolute atomic E-state index is 12.7. The number of carboxylic acids is 1. The third-order valence-corrected chi connectivity index (χ3v) is 3.27. The standard InChI is InChI=1S/C11H12FNO2/c1-10(2)6-11(10,9(14)15)8-4-3-7(12)5-13-8/h3-5H,6H2,1-2H3,(H,14,15). The molecule has 2 rings (SSSR count). The average Bonchev–Trinajstić information content (AvgIpc) is 2.72. The Labute approximate surface area is 87.0 Å². The molecule has 0 saturated heterocycles. The van der Waals surface area contributed by atoms with E-state index < -0.39 is 17.2 Å². The molecule has 0 radical (unpaired) electrons. The van der Waals surface area contributed by atoms with Gasteiger partial charge in [-0.25, -0.2) is 4.39 Å². The molecule has 1 aromatic heterocycles. The Balaban J connectivity index is 2.45. The van der Waals surface area contributed by atoms with E-state index in [9.17, 15) is 14.3 Å². The zero-order valence-electron chi connectivity index (χ0n) is 8.62. The molecule has 1 heterocycles. The summed E-state index contributed by atoms with van der Waals surface area (Å²) < 4.78 is 12.7. The number of aliphatic carboxylic acids is 1. The molecule has 0 spiro atoms. The minimum atomic E-state index is -0.930. The molecule has 1 aliphatic carbocycles. The molecule has 0 bridgehead atoms. The van der Waals surface area contributed by atoms with Crippen LogP contribution in [0.1, 0.15) is 26.0 Å². The van der Waals surface area contributed by atoms with Crippen LogP contribution in [0.15, 0.2) is 18.3 Å². The van der Waals surface area contributed by atoms with Gasteiger partial charge in [-0.1, -0.05) is 13.8 Å². The number of hydrogen-bond donors (Lipinski definition) is 1. The van der Waals surface area contributed by atoms with E-state index in [0.29, 0.717) is 12.1 Å². The molecule has 15 heavy (non-hydrogen) atoms. The summed E-state index contributed by atoms with van der Waals surface area (Å²) in [6.45, 7) is 3.76. The highest BCUT2D eigenvalue weighted by Gasteiger charge is 2.68. The Morgan fingerprint density at radius 1 is 1.53 bits per heavy atom. The summed E-state index contributed by atoms with van der Waals surface area (Å²) in [5, 5.41) is 9.23. The first-order chi connectivity index (χ1) is 6.90. The van der Waals surface area contributed by atoms with Crippen molar-refractivity contribution >= 4 is 5.97 Å². The summed E-state index contributed by atoms with van der Waals surface area (Å²) in [4.78, 5) is 15.1. The van der Waals surface area contributed by atoms with E-state index in [1.54, 1.807) is 0 Å². The topological polar surface area (TPSA) is 50.2 Å². The van der Waals surface area contributed by atoms with Crippen molar-refractivity contribution in [1.82, 2.24) is 4.98 Å². The van der Waals surface area contributed by atoms with Crippen LogP contribution in [0.2, 0.25) is 0 Å². The van der Waals surface area contributed by atoms with E-state index in [1.807, 2.05) is 13.8 Å². The van der Waals surface area contributed by atoms with Gasteiger partial charge < -0.3 is 5.11 Å². The fourth-order valence-electron chi connectivity index (χ4n) is 2.16. The maximum Gasteiger partial charge on any atom is 0.316 e. The van der Waals surface area contributed by atoms with Crippen LogP contribution >= 0.6 is 0 Å². The van der Waals surface area contributed by atoms with Crippen molar-refractivity contribution in [3.8, 4) is 0 Å². The van der Waals surface area contributed by atoms with Crippen LogP contribution < -0.4 is 0 Å². The van der Waals surface area contributed by atoms with Crippen LogP contribution in [0, 0.1) is 11.2 Å². The molecule has 1 fully saturated rings. The lowest BCUT2D eigenvalue weighted by atomic mass is 9.92. The van der Waals surface area contributed by atoms with Crippen LogP contribution in [-0.2, 0) is 10.2 Å². The lowest BCUT2D eigenvalue weighted by Gasteiger charge is -2.14. The molecule has 80 valence electrons. The number of rotatable bonds is 2. The zero-order chi connectivity index (χ0) is 11.3. The van der Waals surface area contributed by atoms with Gasteiger partial charge in [-0.3, -0.25) is 9.78 Å². The SMILES string of the molecule is CC1(C)CC1(C(=O)O)c1ccc(F)cn1. The molecule has 1 saturated carbocycles. The fourth-order valence-corrected chi connectivity index (χ4v) is 2.16. The summed E-state index contributed by atoms with van der Waals surface area (Å²) >= 11 is 0. The molecular weight excluding hydrogens is 197 g/mol. The van der Waals surface area contributed by atoms with Gasteiger partial charge in [0.1, 0.15) is 11.2 Å². The molecule has 1 N–H and O–H groups in total. The summed E-state index contributed by atoms with van der Waals surface area (Å²) in [6.07, 6.45) is 1.61. The Morgan fingerprint density at radius 3 is 2.47 bits per heavy atom. The second kappa shape index (κ2) is 2.78. The lowest BCUT2D eigenvalue weighted by molar-refractivity contribution is -0.141. The van der Waals surface area contributed by atoms with Crippen molar-refractivity contribution in [2.75, 3.05) is 0 Å². The normalized spacial score (nSPS) is 27.4. The molecular formula is C11H12FNO2. The van der Waals surface area contributed by atoms with Crippen molar-refractivity contribution in [1.29, 1.82) is 0 Å². The number of aromatic nitrogens is 1. The van der Waals surface area contributed by atoms with Crippen molar-refractivity contribution in [2.24, 2.45) is 5.41 Å². The third-order valence-electron chi connectivity index (χ3n) is 3.27. The van der Waals surface area contributed by atoms with Gasteiger partial charge >= 0.3 is 5.97 Å². The van der Waals surface area contributed by atoms with Crippen molar-refractivity contribution in [3.05, 3.63) is 29.8 Å². The van der Waals surface area contributed by atoms with Gasteiger partial charge in [-0.15, -0.1) is 0 Å². The third kappa shape index (κ3) is 1.24. The van der Waals surface area contributed by atoms with Gasteiger partial charge in [0.15, 0.2) is 0 Å². The monoisotopic (exact) mass is 209 g/mol. The minimum absolute atomic E-state index is 0.302. The molecule has 1 unspecified atom stereocenters. The maximum atomic E-state index is 12.7. The number of hydrogen-bond acceptors (Lipinski definition) is 2. The predicted molar refractivity (Wildman–Crippen MR) is 51.9 cm³/mol. The fraction of sp³-hybridized carbons (Fsp3) is 0.455. The molecule has 0 aliphatic heterocycles. The van der Waals surface area contributed by atoms with Crippen LogP contribution in [0.5, 0.6) is 0 Å². The van der Waals surface area contributed by atoms with E-state index in [4.69, 9.17) is 0 Å². The molecule has 1 aliphatic rings. The van der Waals surface area contributed by atoms with Gasteiger partial charge in [0.05, 0.1) is 11.9 Å². The lowest BCUT2D eigenvalue weighted by Crippen LogP contribution is -2.26. The average molecular weight is 209 g/mol. The molecule has 3 nitrogen and oxygen atoms in total. The van der Waals surface area contributed by atoms with E-state index in [-0.39, 0.29) is 5.41 Å². The van der Waals surface area contributed by atoms with Crippen LogP contribution in [0.25, 0.3) is 0 Å². The first kappa shape index (κ1) is 10.1. The van der Waals surface area contributed by atoms with Crippen molar-refractivity contribution in [3.63, 3.8) is 0 Å². The largest absolute Gasteiger partial charge is 0.481 e. The summed E-state index contributed by atoms with van der Waals surface area (Å²) in [7, 11) is 0. The van der Waals surface area contributed by atoms with Gasteiger partial charge in [0.25, 0.3) is 0 Å². The van der Waals surface area contributed by atoms with E-state index in [0.717, 1.165) is 6.20 Å². The highest BCUT2D eigenvalue weighted by Crippen LogP contribution is 2.63. The number of nitrogens with zero attached hydrogens (tertiary/aromatic N) is 1. The molecule has 1 aromatic rings. The van der Waals surface area contributed by atoms with Gasteiger partial charge in [-0.2, -0.15) is 0 Å². The van der Waals surface area contributed by atoms with Gasteiger partial charge in [0, 0.05) is 0 Å². The van der Waals surface area contributed by atoms with Crippen LogP contribution in [-0.4, -0.2) is 16.1 Å². The molecule has 1 atom stereocenters. The molecule has 0 amide bonds. The molecule has 0 aromatic carbocycles.